The van der Waals surface area contributed by atoms with Crippen LogP contribution in [0.25, 0.3) is 0 Å². The predicted molar refractivity (Wildman–Crippen MR) is 65.7 cm³/mol. The summed E-state index contributed by atoms with van der Waals surface area (Å²) in [7, 11) is 0. The van der Waals surface area contributed by atoms with Crippen molar-refractivity contribution in [2.24, 2.45) is 0 Å². The van der Waals surface area contributed by atoms with Gasteiger partial charge in [0.15, 0.2) is 6.10 Å². The third kappa shape index (κ3) is 4.33. The summed E-state index contributed by atoms with van der Waals surface area (Å²) >= 11 is 0. The van der Waals surface area contributed by atoms with Crippen LogP contribution in [0.2, 0.25) is 0 Å². The van der Waals surface area contributed by atoms with E-state index in [1.54, 1.807) is 6.92 Å². The van der Waals surface area contributed by atoms with E-state index in [1.807, 2.05) is 6.92 Å². The van der Waals surface area contributed by atoms with E-state index in [-0.39, 0.29) is 18.3 Å². The molecule has 0 aliphatic carbocycles. The van der Waals surface area contributed by atoms with Gasteiger partial charge < -0.3 is 15.2 Å². The first-order chi connectivity index (χ1) is 8.56. The molecule has 100 valence electrons. The lowest BCUT2D eigenvalue weighted by atomic mass is 10.2. The van der Waals surface area contributed by atoms with Crippen LogP contribution in [0.5, 0.6) is 5.75 Å². The Hall–Kier alpha value is -1.62. The van der Waals surface area contributed by atoms with Crippen molar-refractivity contribution in [1.82, 2.24) is 5.32 Å². The van der Waals surface area contributed by atoms with Crippen LogP contribution in [-0.4, -0.2) is 23.7 Å². The molecule has 0 bridgehead atoms. The normalized spacial score (nSPS) is 12.0. The summed E-state index contributed by atoms with van der Waals surface area (Å²) in [6.45, 7) is 3.85. The standard InChI is InChI=1S/C13H18FNO3/c1-3-4-15-13(17)9(2)18-12-6-10(8-16)5-11(14)7-12/h5-7,9,16H,3-4,8H2,1-2H3,(H,15,17). The molecule has 4 nitrogen and oxygen atoms in total. The van der Waals surface area contributed by atoms with Crippen molar-refractivity contribution in [2.45, 2.75) is 33.0 Å². The molecule has 0 spiro atoms. The molecule has 0 fully saturated rings. The molecule has 0 saturated carbocycles. The van der Waals surface area contributed by atoms with Gasteiger partial charge in [-0.1, -0.05) is 6.92 Å². The van der Waals surface area contributed by atoms with Crippen LogP contribution < -0.4 is 10.1 Å². The Bertz CT molecular complexity index is 409. The van der Waals surface area contributed by atoms with Gasteiger partial charge in [0.05, 0.1) is 6.61 Å². The van der Waals surface area contributed by atoms with Crippen molar-refractivity contribution in [1.29, 1.82) is 0 Å². The maximum atomic E-state index is 13.2. The van der Waals surface area contributed by atoms with E-state index in [9.17, 15) is 9.18 Å². The number of aliphatic hydroxyl groups is 1. The number of hydrogen-bond donors (Lipinski definition) is 2. The first kappa shape index (κ1) is 14.4. The highest BCUT2D eigenvalue weighted by Gasteiger charge is 2.14. The van der Waals surface area contributed by atoms with Crippen LogP contribution in [0.3, 0.4) is 0 Å². The largest absolute Gasteiger partial charge is 0.481 e. The Kier molecular flexibility index (Phi) is 5.58. The molecule has 0 aliphatic rings. The highest BCUT2D eigenvalue weighted by atomic mass is 19.1. The Morgan fingerprint density at radius 3 is 2.83 bits per heavy atom. The molecular weight excluding hydrogens is 237 g/mol. The molecule has 1 aromatic carbocycles. The lowest BCUT2D eigenvalue weighted by Crippen LogP contribution is -2.36. The summed E-state index contributed by atoms with van der Waals surface area (Å²) in [6, 6.07) is 3.91. The molecule has 0 aliphatic heterocycles. The highest BCUT2D eigenvalue weighted by Crippen LogP contribution is 2.17. The Morgan fingerprint density at radius 2 is 2.22 bits per heavy atom. The van der Waals surface area contributed by atoms with E-state index in [4.69, 9.17) is 9.84 Å². The monoisotopic (exact) mass is 255 g/mol. The summed E-state index contributed by atoms with van der Waals surface area (Å²) in [5, 5.41) is 11.6. The highest BCUT2D eigenvalue weighted by molar-refractivity contribution is 5.80. The van der Waals surface area contributed by atoms with Gasteiger partial charge >= 0.3 is 0 Å². The molecule has 0 radical (unpaired) electrons. The van der Waals surface area contributed by atoms with Gasteiger partial charge in [-0.15, -0.1) is 0 Å². The second-order valence-electron chi connectivity index (χ2n) is 4.00. The fraction of sp³-hybridized carbons (Fsp3) is 0.462. The predicted octanol–water partition coefficient (Wildman–Crippen LogP) is 1.61. The van der Waals surface area contributed by atoms with E-state index >= 15 is 0 Å². The van der Waals surface area contributed by atoms with E-state index in [0.717, 1.165) is 6.42 Å². The number of hydrogen-bond acceptors (Lipinski definition) is 3. The van der Waals surface area contributed by atoms with E-state index in [2.05, 4.69) is 5.32 Å². The fourth-order valence-electron chi connectivity index (χ4n) is 1.43. The minimum atomic E-state index is -0.704. The van der Waals surface area contributed by atoms with Gasteiger partial charge in [0.25, 0.3) is 5.91 Å². The van der Waals surface area contributed by atoms with Gasteiger partial charge in [0, 0.05) is 12.6 Å². The second kappa shape index (κ2) is 6.96. The molecule has 0 aromatic heterocycles. The number of benzene rings is 1. The van der Waals surface area contributed by atoms with Gasteiger partial charge in [0.1, 0.15) is 11.6 Å². The summed E-state index contributed by atoms with van der Waals surface area (Å²) in [6.07, 6.45) is 0.137. The van der Waals surface area contributed by atoms with Crippen LogP contribution in [0.4, 0.5) is 4.39 Å². The zero-order chi connectivity index (χ0) is 13.5. The average Bonchev–Trinajstić information content (AvgIpc) is 2.34. The maximum Gasteiger partial charge on any atom is 0.260 e. The van der Waals surface area contributed by atoms with Gasteiger partial charge in [-0.05, 0) is 31.0 Å². The van der Waals surface area contributed by atoms with Crippen LogP contribution >= 0.6 is 0 Å². The Balaban J connectivity index is 2.66. The van der Waals surface area contributed by atoms with Gasteiger partial charge in [-0.2, -0.15) is 0 Å². The minimum absolute atomic E-state index is 0.234. The van der Waals surface area contributed by atoms with Crippen LogP contribution in [-0.2, 0) is 11.4 Å². The smallest absolute Gasteiger partial charge is 0.260 e. The van der Waals surface area contributed by atoms with Crippen molar-refractivity contribution in [2.75, 3.05) is 6.54 Å². The maximum absolute atomic E-state index is 13.2. The van der Waals surface area contributed by atoms with E-state index < -0.39 is 11.9 Å². The molecule has 1 atom stereocenters. The molecule has 2 N–H and O–H groups in total. The SMILES string of the molecule is CCCNC(=O)C(C)Oc1cc(F)cc(CO)c1. The number of amides is 1. The number of rotatable bonds is 6. The minimum Gasteiger partial charge on any atom is -0.481 e. The van der Waals surface area contributed by atoms with Crippen LogP contribution in [0.15, 0.2) is 18.2 Å². The number of halogens is 1. The number of carbonyl (C=O) groups excluding carboxylic acids is 1. The molecule has 0 heterocycles. The van der Waals surface area contributed by atoms with Crippen molar-refractivity contribution in [3.63, 3.8) is 0 Å². The molecular formula is C13H18FNO3. The fourth-order valence-corrected chi connectivity index (χ4v) is 1.43. The summed E-state index contributed by atoms with van der Waals surface area (Å²) in [5.74, 6) is -0.512. The number of nitrogens with one attached hydrogen (secondary N) is 1. The molecule has 1 rings (SSSR count). The molecule has 1 unspecified atom stereocenters. The molecule has 1 aromatic rings. The quantitative estimate of drug-likeness (QED) is 0.812. The molecule has 5 heteroatoms. The first-order valence-electron chi connectivity index (χ1n) is 5.91. The van der Waals surface area contributed by atoms with Crippen molar-refractivity contribution in [3.05, 3.63) is 29.6 Å². The summed E-state index contributed by atoms with van der Waals surface area (Å²) in [5.41, 5.74) is 0.408. The molecule has 0 saturated heterocycles. The van der Waals surface area contributed by atoms with Crippen molar-refractivity contribution < 1.29 is 19.0 Å². The molecule has 1 amide bonds. The van der Waals surface area contributed by atoms with E-state index in [1.165, 1.54) is 18.2 Å². The topological polar surface area (TPSA) is 58.6 Å². The average molecular weight is 255 g/mol. The third-order valence-electron chi connectivity index (χ3n) is 2.34. The van der Waals surface area contributed by atoms with Crippen LogP contribution in [0, 0.1) is 5.82 Å². The van der Waals surface area contributed by atoms with Gasteiger partial charge in [0.2, 0.25) is 0 Å². The lowest BCUT2D eigenvalue weighted by Gasteiger charge is -2.15. The zero-order valence-corrected chi connectivity index (χ0v) is 10.6. The zero-order valence-electron chi connectivity index (χ0n) is 10.6. The van der Waals surface area contributed by atoms with Crippen molar-refractivity contribution >= 4 is 5.91 Å². The van der Waals surface area contributed by atoms with Gasteiger partial charge in [-0.3, -0.25) is 4.79 Å². The van der Waals surface area contributed by atoms with Crippen molar-refractivity contribution in [3.8, 4) is 5.75 Å². The second-order valence-corrected chi connectivity index (χ2v) is 4.00. The third-order valence-corrected chi connectivity index (χ3v) is 2.34. The Morgan fingerprint density at radius 1 is 1.50 bits per heavy atom. The molecule has 18 heavy (non-hydrogen) atoms. The van der Waals surface area contributed by atoms with Gasteiger partial charge in [-0.25, -0.2) is 4.39 Å². The first-order valence-corrected chi connectivity index (χ1v) is 5.91. The number of carbonyl (C=O) groups is 1. The lowest BCUT2D eigenvalue weighted by molar-refractivity contribution is -0.127. The van der Waals surface area contributed by atoms with Crippen LogP contribution in [0.1, 0.15) is 25.8 Å². The number of ether oxygens (including phenoxy) is 1. The number of aliphatic hydroxyl groups excluding tert-OH is 1. The summed E-state index contributed by atoms with van der Waals surface area (Å²) in [4.78, 5) is 11.6. The summed E-state index contributed by atoms with van der Waals surface area (Å²) < 4.78 is 18.5. The Labute approximate surface area is 106 Å². The van der Waals surface area contributed by atoms with E-state index in [0.29, 0.717) is 12.1 Å².